The Morgan fingerprint density at radius 2 is 2.00 bits per heavy atom. The number of amides is 1. The molecule has 0 saturated carbocycles. The minimum atomic E-state index is -0.956. The zero-order valence-electron chi connectivity index (χ0n) is 17.4. The van der Waals surface area contributed by atoms with Gasteiger partial charge in [0.05, 0.1) is 18.2 Å². The van der Waals surface area contributed by atoms with E-state index in [1.807, 2.05) is 30.5 Å². The molecular weight excluding hydrogens is 414 g/mol. The molecule has 2 aromatic carbocycles. The Hall–Kier alpha value is -3.94. The number of H-pyrrole nitrogens is 1. The topological polar surface area (TPSA) is 79.0 Å². The second kappa shape index (κ2) is 9.47. The van der Waals surface area contributed by atoms with Crippen molar-refractivity contribution in [3.63, 3.8) is 0 Å². The third-order valence-corrected chi connectivity index (χ3v) is 5.03. The van der Waals surface area contributed by atoms with Crippen LogP contribution in [0.5, 0.6) is 5.75 Å². The van der Waals surface area contributed by atoms with Crippen LogP contribution in [0.4, 0.5) is 14.6 Å². The molecule has 3 N–H and O–H groups in total. The molecule has 6 nitrogen and oxygen atoms in total. The van der Waals surface area contributed by atoms with Gasteiger partial charge in [-0.1, -0.05) is 6.07 Å². The van der Waals surface area contributed by atoms with E-state index in [-0.39, 0.29) is 5.91 Å². The summed E-state index contributed by atoms with van der Waals surface area (Å²) < 4.78 is 32.4. The lowest BCUT2D eigenvalue weighted by molar-refractivity contribution is 0.0940. The number of ether oxygens (including phenoxy) is 1. The second-order valence-electron chi connectivity index (χ2n) is 7.27. The summed E-state index contributed by atoms with van der Waals surface area (Å²) in [5, 5.41) is 7.01. The predicted octanol–water partition coefficient (Wildman–Crippen LogP) is 4.82. The van der Waals surface area contributed by atoms with Crippen LogP contribution in [-0.4, -0.2) is 29.0 Å². The fourth-order valence-electron chi connectivity index (χ4n) is 3.32. The van der Waals surface area contributed by atoms with E-state index in [2.05, 4.69) is 20.6 Å². The van der Waals surface area contributed by atoms with Crippen LogP contribution < -0.4 is 15.4 Å². The number of hydrogen-bond acceptors (Lipinski definition) is 4. The van der Waals surface area contributed by atoms with Gasteiger partial charge < -0.3 is 20.4 Å². The highest BCUT2D eigenvalue weighted by Gasteiger charge is 2.16. The highest BCUT2D eigenvalue weighted by Crippen LogP contribution is 2.20. The van der Waals surface area contributed by atoms with E-state index in [1.165, 1.54) is 6.07 Å². The first kappa shape index (κ1) is 21.3. The quantitative estimate of drug-likeness (QED) is 0.346. The SMILES string of the molecule is CC(NC(=O)c1cccnc1NCCOc1ccc2cc[nH]c2c1)c1ccc(F)c(F)c1. The maximum absolute atomic E-state index is 13.5. The molecule has 2 aromatic heterocycles. The number of anilines is 1. The van der Waals surface area contributed by atoms with Crippen LogP contribution in [-0.2, 0) is 0 Å². The van der Waals surface area contributed by atoms with Gasteiger partial charge in [0.1, 0.15) is 18.2 Å². The summed E-state index contributed by atoms with van der Waals surface area (Å²) >= 11 is 0. The number of fused-ring (bicyclic) bond motifs is 1. The van der Waals surface area contributed by atoms with Crippen molar-refractivity contribution < 1.29 is 18.3 Å². The predicted molar refractivity (Wildman–Crippen MR) is 119 cm³/mol. The number of carbonyl (C=O) groups excluding carboxylic acids is 1. The minimum Gasteiger partial charge on any atom is -0.492 e. The molecule has 0 radical (unpaired) electrons. The number of pyridine rings is 1. The van der Waals surface area contributed by atoms with Crippen LogP contribution in [0.3, 0.4) is 0 Å². The van der Waals surface area contributed by atoms with Crippen LogP contribution in [0.15, 0.2) is 67.0 Å². The van der Waals surface area contributed by atoms with Gasteiger partial charge in [0, 0.05) is 24.0 Å². The van der Waals surface area contributed by atoms with E-state index in [0.29, 0.717) is 30.1 Å². The first-order valence-corrected chi connectivity index (χ1v) is 10.2. The van der Waals surface area contributed by atoms with E-state index in [9.17, 15) is 13.6 Å². The van der Waals surface area contributed by atoms with Gasteiger partial charge in [-0.05, 0) is 60.3 Å². The van der Waals surface area contributed by atoms with Gasteiger partial charge in [-0.25, -0.2) is 13.8 Å². The average Bonchev–Trinajstić information content (AvgIpc) is 3.26. The highest BCUT2D eigenvalue weighted by atomic mass is 19.2. The first-order valence-electron chi connectivity index (χ1n) is 10.2. The molecule has 1 unspecified atom stereocenters. The maximum Gasteiger partial charge on any atom is 0.255 e. The number of halogens is 2. The Balaban J connectivity index is 1.35. The third kappa shape index (κ3) is 4.85. The van der Waals surface area contributed by atoms with Crippen molar-refractivity contribution in [3.05, 3.63) is 89.8 Å². The van der Waals surface area contributed by atoms with E-state index in [1.54, 1.807) is 25.3 Å². The Bertz CT molecular complexity index is 1240. The first-order chi connectivity index (χ1) is 15.5. The monoisotopic (exact) mass is 436 g/mol. The second-order valence-corrected chi connectivity index (χ2v) is 7.27. The van der Waals surface area contributed by atoms with Crippen LogP contribution in [0.1, 0.15) is 28.9 Å². The van der Waals surface area contributed by atoms with Gasteiger partial charge in [0.25, 0.3) is 5.91 Å². The summed E-state index contributed by atoms with van der Waals surface area (Å²) in [6.45, 7) is 2.50. The molecular formula is C24H22F2N4O2. The lowest BCUT2D eigenvalue weighted by Gasteiger charge is -2.16. The van der Waals surface area contributed by atoms with Crippen molar-refractivity contribution >= 4 is 22.6 Å². The summed E-state index contributed by atoms with van der Waals surface area (Å²) in [4.78, 5) is 20.1. The molecule has 8 heteroatoms. The lowest BCUT2D eigenvalue weighted by Crippen LogP contribution is -2.28. The molecule has 1 atom stereocenters. The summed E-state index contributed by atoms with van der Waals surface area (Å²) in [5.41, 5.74) is 1.80. The number of hydrogen-bond donors (Lipinski definition) is 3. The molecule has 2 heterocycles. The molecule has 0 fully saturated rings. The Morgan fingerprint density at radius 3 is 2.84 bits per heavy atom. The molecule has 0 saturated heterocycles. The molecule has 32 heavy (non-hydrogen) atoms. The normalized spacial score (nSPS) is 11.8. The molecule has 0 spiro atoms. The summed E-state index contributed by atoms with van der Waals surface area (Å²) in [6, 6.07) is 14.1. The lowest BCUT2D eigenvalue weighted by atomic mass is 10.1. The number of rotatable bonds is 8. The third-order valence-electron chi connectivity index (χ3n) is 5.03. The largest absolute Gasteiger partial charge is 0.492 e. The Morgan fingerprint density at radius 1 is 1.12 bits per heavy atom. The van der Waals surface area contributed by atoms with Gasteiger partial charge in [0.2, 0.25) is 0 Å². The summed E-state index contributed by atoms with van der Waals surface area (Å²) in [6.07, 6.45) is 3.45. The fraction of sp³-hybridized carbons (Fsp3) is 0.167. The van der Waals surface area contributed by atoms with E-state index >= 15 is 0 Å². The van der Waals surface area contributed by atoms with Crippen LogP contribution in [0.25, 0.3) is 10.9 Å². The van der Waals surface area contributed by atoms with Crippen molar-refractivity contribution in [2.75, 3.05) is 18.5 Å². The van der Waals surface area contributed by atoms with Crippen LogP contribution in [0, 0.1) is 11.6 Å². The van der Waals surface area contributed by atoms with Gasteiger partial charge >= 0.3 is 0 Å². The molecule has 0 aliphatic carbocycles. The number of aromatic nitrogens is 2. The number of carbonyl (C=O) groups is 1. The van der Waals surface area contributed by atoms with Gasteiger partial charge in [-0.15, -0.1) is 0 Å². The van der Waals surface area contributed by atoms with Crippen molar-refractivity contribution in [1.82, 2.24) is 15.3 Å². The highest BCUT2D eigenvalue weighted by molar-refractivity contribution is 5.98. The molecule has 0 aliphatic rings. The number of benzene rings is 2. The molecule has 1 amide bonds. The number of nitrogens with zero attached hydrogens (tertiary/aromatic N) is 1. The Labute approximate surface area is 183 Å². The Kier molecular flexibility index (Phi) is 6.30. The van der Waals surface area contributed by atoms with Crippen LogP contribution >= 0.6 is 0 Å². The number of nitrogens with one attached hydrogen (secondary N) is 3. The molecule has 4 rings (SSSR count). The standard InChI is InChI=1S/C24H22F2N4O2/c1-15(17-5-7-20(25)21(26)13-17)30-24(31)19-3-2-9-28-23(19)29-11-12-32-18-6-4-16-8-10-27-22(16)14-18/h2-10,13-15,27H,11-12H2,1H3,(H,28,29)(H,30,31). The van der Waals surface area contributed by atoms with Crippen molar-refractivity contribution in [2.24, 2.45) is 0 Å². The summed E-state index contributed by atoms with van der Waals surface area (Å²) in [7, 11) is 0. The van der Waals surface area contributed by atoms with E-state index in [0.717, 1.165) is 28.8 Å². The van der Waals surface area contributed by atoms with E-state index in [4.69, 9.17) is 4.74 Å². The minimum absolute atomic E-state index is 0.342. The number of aromatic amines is 1. The zero-order chi connectivity index (χ0) is 22.5. The van der Waals surface area contributed by atoms with E-state index < -0.39 is 17.7 Å². The van der Waals surface area contributed by atoms with Gasteiger partial charge in [-0.3, -0.25) is 4.79 Å². The van der Waals surface area contributed by atoms with Crippen molar-refractivity contribution in [3.8, 4) is 5.75 Å². The van der Waals surface area contributed by atoms with Crippen LogP contribution in [0.2, 0.25) is 0 Å². The summed E-state index contributed by atoms with van der Waals surface area (Å²) in [5.74, 6) is -1.12. The fourth-order valence-corrected chi connectivity index (χ4v) is 3.32. The molecule has 0 aliphatic heterocycles. The smallest absolute Gasteiger partial charge is 0.255 e. The zero-order valence-corrected chi connectivity index (χ0v) is 17.4. The average molecular weight is 436 g/mol. The molecule has 0 bridgehead atoms. The van der Waals surface area contributed by atoms with Crippen molar-refractivity contribution in [1.29, 1.82) is 0 Å². The van der Waals surface area contributed by atoms with Crippen molar-refractivity contribution in [2.45, 2.75) is 13.0 Å². The molecule has 4 aromatic rings. The van der Waals surface area contributed by atoms with Gasteiger partial charge in [-0.2, -0.15) is 0 Å². The maximum atomic E-state index is 13.5. The molecule has 164 valence electrons. The van der Waals surface area contributed by atoms with Gasteiger partial charge in [0.15, 0.2) is 11.6 Å².